The van der Waals surface area contributed by atoms with Gasteiger partial charge in [-0.05, 0) is 99.6 Å². The fourth-order valence-corrected chi connectivity index (χ4v) is 12.4. The second-order valence-electron chi connectivity index (χ2n) is 17.8. The maximum absolute atomic E-state index is 6.75. The monoisotopic (exact) mass is 843 g/mol. The van der Waals surface area contributed by atoms with Gasteiger partial charge in [0.15, 0.2) is 0 Å². The largest absolute Gasteiger partial charge is 0.457 e. The third-order valence-electron chi connectivity index (χ3n) is 14.8. The molecule has 2 aliphatic carbocycles. The number of nitrogens with zero attached hydrogens (tertiary/aromatic N) is 1. The summed E-state index contributed by atoms with van der Waals surface area (Å²) in [7, 11) is 0. The highest BCUT2D eigenvalue weighted by atomic mass is 16.5. The van der Waals surface area contributed by atoms with Gasteiger partial charge in [0.1, 0.15) is 34.2 Å². The lowest BCUT2D eigenvalue weighted by molar-refractivity contribution is 0.436. The quantitative estimate of drug-likeness (QED) is 0.177. The molecule has 0 unspecified atom stereocenters. The molecule has 0 fully saturated rings. The van der Waals surface area contributed by atoms with Gasteiger partial charge >= 0.3 is 0 Å². The Morgan fingerprint density at radius 2 is 0.773 bits per heavy atom. The number of rotatable bonds is 3. The summed E-state index contributed by atoms with van der Waals surface area (Å²) >= 11 is 0. The molecule has 0 radical (unpaired) electrons. The maximum Gasteiger partial charge on any atom is 0.137 e. The molecule has 0 saturated carbocycles. The van der Waals surface area contributed by atoms with Crippen molar-refractivity contribution in [1.82, 2.24) is 0 Å². The number of ether oxygens (including phenoxy) is 2. The number of para-hydroxylation sites is 5. The Hall–Kier alpha value is -8.60. The smallest absolute Gasteiger partial charge is 0.137 e. The van der Waals surface area contributed by atoms with Gasteiger partial charge in [0, 0.05) is 38.9 Å². The van der Waals surface area contributed by atoms with Gasteiger partial charge in [-0.2, -0.15) is 0 Å². The normalized spacial score (nSPS) is 14.5. The molecule has 308 valence electrons. The van der Waals surface area contributed by atoms with E-state index in [9.17, 15) is 0 Å². The van der Waals surface area contributed by atoms with Crippen LogP contribution in [0.4, 0.5) is 17.1 Å². The van der Waals surface area contributed by atoms with Crippen molar-refractivity contribution < 1.29 is 13.9 Å². The van der Waals surface area contributed by atoms with Crippen LogP contribution in [0.25, 0.3) is 44.2 Å². The van der Waals surface area contributed by atoms with Crippen molar-refractivity contribution in [3.8, 4) is 45.3 Å². The second kappa shape index (κ2) is 13.0. The number of hydrogen-bond acceptors (Lipinski definition) is 4. The Morgan fingerprint density at radius 1 is 0.318 bits per heavy atom. The fourth-order valence-electron chi connectivity index (χ4n) is 12.4. The van der Waals surface area contributed by atoms with Crippen LogP contribution >= 0.6 is 0 Å². The topological polar surface area (TPSA) is 34.8 Å². The van der Waals surface area contributed by atoms with Gasteiger partial charge < -0.3 is 18.8 Å². The first-order valence-corrected chi connectivity index (χ1v) is 22.7. The van der Waals surface area contributed by atoms with E-state index in [2.05, 4.69) is 223 Å². The van der Waals surface area contributed by atoms with E-state index in [0.29, 0.717) is 0 Å². The second-order valence-corrected chi connectivity index (χ2v) is 17.8. The van der Waals surface area contributed by atoms with Gasteiger partial charge in [-0.1, -0.05) is 164 Å². The van der Waals surface area contributed by atoms with Gasteiger partial charge in [-0.3, -0.25) is 0 Å². The van der Waals surface area contributed by atoms with Crippen LogP contribution in [0.15, 0.2) is 229 Å². The van der Waals surface area contributed by atoms with Crippen LogP contribution in [0, 0.1) is 0 Å². The summed E-state index contributed by atoms with van der Waals surface area (Å²) in [4.78, 5) is 2.50. The summed E-state index contributed by atoms with van der Waals surface area (Å²) in [5, 5.41) is 2.14. The highest BCUT2D eigenvalue weighted by molar-refractivity contribution is 6.14. The molecular weight excluding hydrogens is 807 g/mol. The van der Waals surface area contributed by atoms with Crippen molar-refractivity contribution in [2.75, 3.05) is 4.90 Å². The number of furan rings is 1. The Morgan fingerprint density at radius 3 is 1.42 bits per heavy atom. The lowest BCUT2D eigenvalue weighted by Crippen LogP contribution is -2.32. The molecule has 4 heteroatoms. The predicted molar refractivity (Wildman–Crippen MR) is 263 cm³/mol. The van der Waals surface area contributed by atoms with Crippen molar-refractivity contribution in [3.05, 3.63) is 269 Å². The van der Waals surface area contributed by atoms with Gasteiger partial charge in [0.25, 0.3) is 0 Å². The molecule has 2 spiro atoms. The zero-order valence-corrected chi connectivity index (χ0v) is 35.5. The summed E-state index contributed by atoms with van der Waals surface area (Å²) in [5.74, 6) is 3.48. The molecule has 0 amide bonds. The molecule has 66 heavy (non-hydrogen) atoms. The van der Waals surface area contributed by atoms with Crippen LogP contribution in [0.2, 0.25) is 0 Å². The van der Waals surface area contributed by atoms with E-state index in [0.717, 1.165) is 84.3 Å². The minimum Gasteiger partial charge on any atom is -0.457 e. The summed E-state index contributed by atoms with van der Waals surface area (Å²) in [5.41, 5.74) is 17.9. The van der Waals surface area contributed by atoms with Crippen LogP contribution in [0.3, 0.4) is 0 Å². The molecular formula is C62H37NO3. The molecule has 0 N–H and O–H groups in total. The molecule has 4 aliphatic rings. The molecule has 0 saturated heterocycles. The molecule has 15 rings (SSSR count). The van der Waals surface area contributed by atoms with Crippen molar-refractivity contribution in [2.45, 2.75) is 10.8 Å². The van der Waals surface area contributed by atoms with Gasteiger partial charge in [0.2, 0.25) is 0 Å². The minimum atomic E-state index is -0.641. The van der Waals surface area contributed by atoms with Crippen molar-refractivity contribution >= 4 is 39.0 Å². The van der Waals surface area contributed by atoms with Gasteiger partial charge in [-0.25, -0.2) is 0 Å². The average molecular weight is 844 g/mol. The van der Waals surface area contributed by atoms with E-state index in [1.54, 1.807) is 0 Å². The lowest BCUT2D eigenvalue weighted by Gasteiger charge is -2.40. The third-order valence-corrected chi connectivity index (χ3v) is 14.8. The summed E-state index contributed by atoms with van der Waals surface area (Å²) in [6.45, 7) is 0. The van der Waals surface area contributed by atoms with Crippen molar-refractivity contribution in [2.24, 2.45) is 0 Å². The molecule has 3 heterocycles. The zero-order valence-electron chi connectivity index (χ0n) is 35.5. The Balaban J connectivity index is 1.07. The van der Waals surface area contributed by atoms with Crippen LogP contribution in [0.1, 0.15) is 44.5 Å². The summed E-state index contributed by atoms with van der Waals surface area (Å²) < 4.78 is 20.1. The first kappa shape index (κ1) is 35.8. The first-order valence-electron chi connectivity index (χ1n) is 22.7. The van der Waals surface area contributed by atoms with Crippen LogP contribution < -0.4 is 14.4 Å². The number of hydrogen-bond donors (Lipinski definition) is 0. The third kappa shape index (κ3) is 4.38. The molecule has 1 aromatic heterocycles. The summed E-state index contributed by atoms with van der Waals surface area (Å²) in [6.07, 6.45) is 0. The number of anilines is 3. The predicted octanol–water partition coefficient (Wildman–Crippen LogP) is 16.0. The summed E-state index contributed by atoms with van der Waals surface area (Å²) in [6, 6.07) is 81.2. The van der Waals surface area contributed by atoms with E-state index in [1.165, 1.54) is 44.5 Å². The van der Waals surface area contributed by atoms with Crippen molar-refractivity contribution in [1.29, 1.82) is 0 Å². The Kier molecular flexibility index (Phi) is 7.05. The average Bonchev–Trinajstić information content (AvgIpc) is 4.00. The van der Waals surface area contributed by atoms with E-state index in [-0.39, 0.29) is 0 Å². The fraction of sp³-hybridized carbons (Fsp3) is 0.0323. The van der Waals surface area contributed by atoms with Crippen LogP contribution in [-0.2, 0) is 10.8 Å². The SMILES string of the molecule is c1ccc2c(c1)Oc1ccccc1C21c2ccccc2-c2ccc(N(c3cccc4c3-c3ccccc3C43c4ccccc4Oc4ccccc43)c3cccc4oc5ccccc5c34)cc21. The Bertz CT molecular complexity index is 3790. The molecule has 10 aromatic carbocycles. The van der Waals surface area contributed by atoms with Crippen LogP contribution in [-0.4, -0.2) is 0 Å². The zero-order chi connectivity index (χ0) is 43.1. The molecule has 0 atom stereocenters. The van der Waals surface area contributed by atoms with Gasteiger partial charge in [-0.15, -0.1) is 0 Å². The standard InChI is InChI=1S/C62H37NO3/c1-4-20-43-39(17-1)40-36-35-38(37-50(40)62(43)47-24-8-13-32-56(47)66-57-33-14-9-25-48(57)62)63(52-28-16-34-58-60(52)42-19-3-10-29-53(42)64-58)51-27-15-26-49-59(51)41-18-2-5-21-44(41)61(49)45-22-6-11-30-54(45)65-55-31-12-7-23-46(55)61/h1-37H. The van der Waals surface area contributed by atoms with E-state index in [4.69, 9.17) is 13.9 Å². The van der Waals surface area contributed by atoms with E-state index >= 15 is 0 Å². The van der Waals surface area contributed by atoms with Gasteiger partial charge in [0.05, 0.1) is 27.6 Å². The van der Waals surface area contributed by atoms with E-state index in [1.807, 2.05) is 6.07 Å². The number of fused-ring (bicyclic) bond motifs is 21. The molecule has 2 aliphatic heterocycles. The molecule has 0 bridgehead atoms. The molecule has 4 nitrogen and oxygen atoms in total. The maximum atomic E-state index is 6.75. The first-order chi connectivity index (χ1) is 32.7. The minimum absolute atomic E-state index is 0.632. The highest BCUT2D eigenvalue weighted by Crippen LogP contribution is 2.66. The van der Waals surface area contributed by atoms with Crippen LogP contribution in [0.5, 0.6) is 23.0 Å². The van der Waals surface area contributed by atoms with Crippen molar-refractivity contribution in [3.63, 3.8) is 0 Å². The molecule has 11 aromatic rings. The lowest BCUT2D eigenvalue weighted by atomic mass is 9.66. The number of benzene rings is 10. The van der Waals surface area contributed by atoms with E-state index < -0.39 is 10.8 Å². The Labute approximate surface area is 381 Å². The highest BCUT2D eigenvalue weighted by Gasteiger charge is 2.53.